The predicted octanol–water partition coefficient (Wildman–Crippen LogP) is 5.58. The second kappa shape index (κ2) is 14.5. The van der Waals surface area contributed by atoms with E-state index in [0.29, 0.717) is 52.2 Å². The van der Waals surface area contributed by atoms with Crippen LogP contribution in [0.5, 0.6) is 0 Å². The Morgan fingerprint density at radius 3 is 2.18 bits per heavy atom. The number of aliphatic imine (C=N–C) groups is 3. The zero-order valence-electron chi connectivity index (χ0n) is 29.4. The number of aliphatic hydroxyl groups excluding tert-OH is 1. The van der Waals surface area contributed by atoms with E-state index in [9.17, 15) is 24.3 Å². The van der Waals surface area contributed by atoms with Gasteiger partial charge < -0.3 is 24.3 Å². The van der Waals surface area contributed by atoms with Crippen LogP contribution in [0.15, 0.2) is 83.9 Å². The van der Waals surface area contributed by atoms with E-state index in [1.807, 2.05) is 39.8 Å². The average Bonchev–Trinajstić information content (AvgIpc) is 3.80. The van der Waals surface area contributed by atoms with Crippen LogP contribution in [-0.2, 0) is 39.8 Å². The number of aromatic nitrogens is 1. The largest absolute Gasteiger partial charge is 0.515 e. The Morgan fingerprint density at radius 1 is 0.900 bits per heavy atom. The van der Waals surface area contributed by atoms with Crippen LogP contribution in [0.4, 0.5) is 0 Å². The molecule has 260 valence electrons. The molecule has 4 aliphatic heterocycles. The molecule has 12 heteroatoms. The highest BCUT2D eigenvalue weighted by molar-refractivity contribution is 6.38. The Hall–Kier alpha value is -5.65. The molecule has 0 unspecified atom stereocenters. The zero-order chi connectivity index (χ0) is 36.4. The monoisotopic (exact) mass is 680 g/mol. The lowest BCUT2D eigenvalue weighted by atomic mass is 9.81. The lowest BCUT2D eigenvalue weighted by Crippen LogP contribution is -2.25. The van der Waals surface area contributed by atoms with Crippen LogP contribution in [0.1, 0.15) is 63.1 Å². The lowest BCUT2D eigenvalue weighted by molar-refractivity contribution is -0.141. The SMILES string of the molecule is CCc1c2[nH]c(c1C)C=C1N=C(C(C)=C1C=CC=O)/C(=C/O)C1=NC(=C(C(=O)OC)C3=NC(=C2)C(C)=C3C(=O)OC)[C@@H](CCC(=O)OC)[C@@H]1C. The number of aldehydes is 1. The summed E-state index contributed by atoms with van der Waals surface area (Å²) in [5.74, 6) is -2.99. The van der Waals surface area contributed by atoms with Gasteiger partial charge in [-0.25, -0.2) is 19.6 Å². The maximum absolute atomic E-state index is 13.9. The number of aromatic amines is 1. The molecule has 0 spiro atoms. The lowest BCUT2D eigenvalue weighted by Gasteiger charge is -2.20. The van der Waals surface area contributed by atoms with Crippen molar-refractivity contribution in [2.75, 3.05) is 21.3 Å². The summed E-state index contributed by atoms with van der Waals surface area (Å²) in [6.45, 7) is 9.46. The number of hydrogen-bond acceptors (Lipinski definition) is 11. The van der Waals surface area contributed by atoms with Gasteiger partial charge in [0.25, 0.3) is 0 Å². The van der Waals surface area contributed by atoms with Gasteiger partial charge in [-0.05, 0) is 80.2 Å². The van der Waals surface area contributed by atoms with Crippen molar-refractivity contribution in [1.82, 2.24) is 4.98 Å². The molecule has 1 aromatic rings. The highest BCUT2D eigenvalue weighted by atomic mass is 16.5. The molecule has 5 heterocycles. The first kappa shape index (κ1) is 35.7. The van der Waals surface area contributed by atoms with Crippen molar-refractivity contribution < 1.29 is 38.5 Å². The smallest absolute Gasteiger partial charge is 0.341 e. The number of fused-ring (bicyclic) bond motifs is 5. The summed E-state index contributed by atoms with van der Waals surface area (Å²) in [6.07, 6.45) is 9.27. The van der Waals surface area contributed by atoms with Gasteiger partial charge in [0.2, 0.25) is 0 Å². The molecular formula is C38H40N4O8. The van der Waals surface area contributed by atoms with Crippen LogP contribution in [0.2, 0.25) is 0 Å². The van der Waals surface area contributed by atoms with Gasteiger partial charge in [0, 0.05) is 35.2 Å². The van der Waals surface area contributed by atoms with Crippen molar-refractivity contribution >= 4 is 53.5 Å². The molecule has 12 nitrogen and oxygen atoms in total. The van der Waals surface area contributed by atoms with Crippen molar-refractivity contribution in [3.63, 3.8) is 0 Å². The fourth-order valence-corrected chi connectivity index (χ4v) is 6.94. The van der Waals surface area contributed by atoms with E-state index in [1.165, 1.54) is 27.4 Å². The number of hydrogen-bond donors (Lipinski definition) is 2. The number of aliphatic hydroxyl groups is 1. The van der Waals surface area contributed by atoms with Crippen molar-refractivity contribution in [3.05, 3.63) is 91.5 Å². The van der Waals surface area contributed by atoms with Gasteiger partial charge in [-0.15, -0.1) is 0 Å². The number of nitrogens with one attached hydrogen (secondary N) is 1. The molecule has 2 N–H and O–H groups in total. The molecule has 50 heavy (non-hydrogen) atoms. The first-order valence-corrected chi connectivity index (χ1v) is 16.2. The van der Waals surface area contributed by atoms with Crippen LogP contribution in [-0.4, -0.2) is 72.7 Å². The van der Waals surface area contributed by atoms with Gasteiger partial charge in [0.1, 0.15) is 11.9 Å². The van der Waals surface area contributed by atoms with E-state index < -0.39 is 29.7 Å². The summed E-state index contributed by atoms with van der Waals surface area (Å²) < 4.78 is 15.4. The fraction of sp³-hybridized carbons (Fsp3) is 0.342. The molecule has 0 saturated carbocycles. The topological polar surface area (TPSA) is 169 Å². The first-order chi connectivity index (χ1) is 23.9. The summed E-state index contributed by atoms with van der Waals surface area (Å²) in [7, 11) is 3.77. The van der Waals surface area contributed by atoms with Crippen molar-refractivity contribution in [1.29, 1.82) is 0 Å². The number of allylic oxidation sites excluding steroid dienone is 6. The number of H-pyrrole nitrogens is 1. The number of ether oxygens (including phenoxy) is 3. The highest BCUT2D eigenvalue weighted by Gasteiger charge is 2.43. The predicted molar refractivity (Wildman–Crippen MR) is 189 cm³/mol. The minimum atomic E-state index is -0.793. The molecular weight excluding hydrogens is 640 g/mol. The average molecular weight is 681 g/mol. The minimum absolute atomic E-state index is 0.00225. The summed E-state index contributed by atoms with van der Waals surface area (Å²) in [5, 5.41) is 10.8. The quantitative estimate of drug-likeness (QED) is 0.118. The van der Waals surface area contributed by atoms with Crippen LogP contribution in [0.3, 0.4) is 0 Å². The normalized spacial score (nSPS) is 21.0. The van der Waals surface area contributed by atoms with E-state index in [4.69, 9.17) is 29.2 Å². The molecule has 1 aromatic heterocycles. The van der Waals surface area contributed by atoms with E-state index in [-0.39, 0.29) is 41.0 Å². The minimum Gasteiger partial charge on any atom is -0.515 e. The van der Waals surface area contributed by atoms with E-state index in [1.54, 1.807) is 13.0 Å². The molecule has 0 amide bonds. The standard InChI is InChI=1S/C38H40N4O8/c1-9-22-18(2)26-15-29-23(11-10-14-43)19(3)33(41-29)25(17-44)34-20(4)24(12-13-30(45)48-6)35(42-34)32(38(47)50-8)36-31(37(46)49-7)21(5)27(40-36)16-28(22)39-26/h10-11,14-17,20,24,39,44H,9,12-13H2,1-8H3/b11-10?,25-17-,27-16?,29-15?,35-32?/t20-,24-/m0/s1. The molecule has 5 rings (SSSR count). The molecule has 8 bridgehead atoms. The zero-order valence-corrected chi connectivity index (χ0v) is 29.4. The molecule has 0 saturated heterocycles. The number of carbonyl (C=O) groups excluding carboxylic acids is 4. The van der Waals surface area contributed by atoms with Gasteiger partial charge in [-0.2, -0.15) is 0 Å². The Kier molecular flexibility index (Phi) is 10.3. The summed E-state index contributed by atoms with van der Waals surface area (Å²) in [4.78, 5) is 69.4. The number of methoxy groups -OCH3 is 3. The van der Waals surface area contributed by atoms with E-state index >= 15 is 0 Å². The van der Waals surface area contributed by atoms with Crippen LogP contribution in [0, 0.1) is 18.8 Å². The second-order valence-corrected chi connectivity index (χ2v) is 12.2. The number of nitrogens with zero attached hydrogens (tertiary/aromatic N) is 3. The van der Waals surface area contributed by atoms with E-state index in [2.05, 4.69) is 4.98 Å². The van der Waals surface area contributed by atoms with Crippen LogP contribution in [0.25, 0.3) is 12.2 Å². The summed E-state index contributed by atoms with van der Waals surface area (Å²) in [6, 6.07) is 0. The van der Waals surface area contributed by atoms with Crippen molar-refractivity contribution in [2.24, 2.45) is 26.8 Å². The first-order valence-electron chi connectivity index (χ1n) is 16.2. The molecule has 0 fully saturated rings. The number of carbonyl (C=O) groups is 4. The van der Waals surface area contributed by atoms with Gasteiger partial charge in [0.15, 0.2) is 0 Å². The van der Waals surface area contributed by atoms with Gasteiger partial charge >= 0.3 is 17.9 Å². The van der Waals surface area contributed by atoms with Crippen LogP contribution >= 0.6 is 0 Å². The molecule has 0 radical (unpaired) electrons. The number of esters is 3. The molecule has 0 aliphatic carbocycles. The third kappa shape index (κ3) is 6.06. The van der Waals surface area contributed by atoms with Gasteiger partial charge in [-0.3, -0.25) is 14.6 Å². The Balaban J connectivity index is 1.94. The second-order valence-electron chi connectivity index (χ2n) is 12.2. The Labute approximate surface area is 290 Å². The van der Waals surface area contributed by atoms with Gasteiger partial charge in [0.05, 0.1) is 73.0 Å². The number of rotatable bonds is 8. The van der Waals surface area contributed by atoms with E-state index in [0.717, 1.165) is 28.8 Å². The van der Waals surface area contributed by atoms with Crippen LogP contribution < -0.4 is 0 Å². The molecule has 4 aliphatic rings. The summed E-state index contributed by atoms with van der Waals surface area (Å²) in [5.41, 5.74) is 7.67. The Bertz CT molecular complexity index is 2020. The summed E-state index contributed by atoms with van der Waals surface area (Å²) >= 11 is 0. The highest BCUT2D eigenvalue weighted by Crippen LogP contribution is 2.43. The maximum Gasteiger partial charge on any atom is 0.341 e. The molecule has 2 atom stereocenters. The van der Waals surface area contributed by atoms with Crippen molar-refractivity contribution in [3.8, 4) is 0 Å². The maximum atomic E-state index is 13.9. The third-order valence-corrected chi connectivity index (χ3v) is 9.65. The van der Waals surface area contributed by atoms with Gasteiger partial charge in [-0.1, -0.05) is 13.8 Å². The third-order valence-electron chi connectivity index (χ3n) is 9.65. The molecule has 0 aromatic carbocycles. The fourth-order valence-electron chi connectivity index (χ4n) is 6.94. The Morgan fingerprint density at radius 2 is 1.56 bits per heavy atom. The van der Waals surface area contributed by atoms with Crippen molar-refractivity contribution in [2.45, 2.75) is 53.9 Å².